The molecular formula is C11H13FN4O. The smallest absolute Gasteiger partial charge is 0.156 e. The number of aliphatic hydroxyl groups is 1. The number of aliphatic hydroxyl groups excluding tert-OH is 1. The van der Waals surface area contributed by atoms with Gasteiger partial charge in [-0.25, -0.2) is 9.07 Å². The number of hydrogen-bond acceptors (Lipinski definition) is 4. The standard InChI is InChI=1S/C11H13FN4O/c1-16-11(13-14-15-16)9(7-17)6-8-2-4-10(12)5-3-8/h2-5,9,17H,6-7H2,1H3. The summed E-state index contributed by atoms with van der Waals surface area (Å²) in [5, 5.41) is 20.5. The Morgan fingerprint density at radius 3 is 2.59 bits per heavy atom. The highest BCUT2D eigenvalue weighted by atomic mass is 19.1. The van der Waals surface area contributed by atoms with Gasteiger partial charge in [0.1, 0.15) is 5.82 Å². The SMILES string of the molecule is Cn1nnnc1C(CO)Cc1ccc(F)cc1. The van der Waals surface area contributed by atoms with Gasteiger partial charge in [0, 0.05) is 13.0 Å². The van der Waals surface area contributed by atoms with Gasteiger partial charge in [0.05, 0.1) is 6.61 Å². The Bertz CT molecular complexity index is 482. The predicted octanol–water partition coefficient (Wildman–Crippen LogP) is 0.668. The molecule has 1 heterocycles. The molecular weight excluding hydrogens is 223 g/mol. The molecule has 1 aromatic heterocycles. The van der Waals surface area contributed by atoms with Crippen LogP contribution in [0, 0.1) is 5.82 Å². The summed E-state index contributed by atoms with van der Waals surface area (Å²) in [4.78, 5) is 0. The molecule has 1 N–H and O–H groups in total. The number of halogens is 1. The van der Waals surface area contributed by atoms with Crippen molar-refractivity contribution in [1.29, 1.82) is 0 Å². The van der Waals surface area contributed by atoms with Crippen molar-refractivity contribution in [2.24, 2.45) is 7.05 Å². The van der Waals surface area contributed by atoms with Crippen LogP contribution in [0.1, 0.15) is 17.3 Å². The molecule has 1 aromatic carbocycles. The summed E-state index contributed by atoms with van der Waals surface area (Å²) in [5.41, 5.74) is 0.938. The largest absolute Gasteiger partial charge is 0.396 e. The molecule has 0 aliphatic heterocycles. The van der Waals surface area contributed by atoms with Gasteiger partial charge < -0.3 is 5.11 Å². The first kappa shape index (κ1) is 11.7. The van der Waals surface area contributed by atoms with E-state index in [-0.39, 0.29) is 18.3 Å². The average Bonchev–Trinajstić information content (AvgIpc) is 2.75. The molecule has 0 radical (unpaired) electrons. The highest BCUT2D eigenvalue weighted by molar-refractivity contribution is 5.18. The van der Waals surface area contributed by atoms with Crippen molar-refractivity contribution in [3.05, 3.63) is 41.5 Å². The lowest BCUT2D eigenvalue weighted by atomic mass is 9.99. The molecule has 90 valence electrons. The van der Waals surface area contributed by atoms with Crippen LogP contribution in [0.15, 0.2) is 24.3 Å². The van der Waals surface area contributed by atoms with Crippen molar-refractivity contribution >= 4 is 0 Å². The number of aromatic nitrogens is 4. The maximum absolute atomic E-state index is 12.8. The van der Waals surface area contributed by atoms with Crippen molar-refractivity contribution in [2.75, 3.05) is 6.61 Å². The van der Waals surface area contributed by atoms with Gasteiger partial charge in [-0.05, 0) is 34.5 Å². The Morgan fingerprint density at radius 2 is 2.06 bits per heavy atom. The minimum atomic E-state index is -0.269. The Balaban J connectivity index is 2.16. The summed E-state index contributed by atoms with van der Waals surface area (Å²) in [6, 6.07) is 6.20. The first-order chi connectivity index (χ1) is 8.20. The summed E-state index contributed by atoms with van der Waals surface area (Å²) in [5.74, 6) is 0.173. The minimum absolute atomic E-state index is 0.0500. The fraction of sp³-hybridized carbons (Fsp3) is 0.364. The molecule has 6 heteroatoms. The van der Waals surface area contributed by atoms with Crippen molar-refractivity contribution in [1.82, 2.24) is 20.2 Å². The number of hydrogen-bond donors (Lipinski definition) is 1. The van der Waals surface area contributed by atoms with Crippen molar-refractivity contribution < 1.29 is 9.50 Å². The van der Waals surface area contributed by atoms with Crippen molar-refractivity contribution in [3.8, 4) is 0 Å². The fourth-order valence-corrected chi connectivity index (χ4v) is 1.72. The second-order valence-corrected chi connectivity index (χ2v) is 3.87. The highest BCUT2D eigenvalue weighted by Gasteiger charge is 2.17. The monoisotopic (exact) mass is 236 g/mol. The number of rotatable bonds is 4. The Morgan fingerprint density at radius 1 is 1.35 bits per heavy atom. The lowest BCUT2D eigenvalue weighted by molar-refractivity contribution is 0.257. The van der Waals surface area contributed by atoms with Crippen LogP contribution >= 0.6 is 0 Å². The topological polar surface area (TPSA) is 63.8 Å². The first-order valence-electron chi connectivity index (χ1n) is 5.28. The Hall–Kier alpha value is -1.82. The number of aryl methyl sites for hydroxylation is 1. The maximum atomic E-state index is 12.8. The molecule has 5 nitrogen and oxygen atoms in total. The van der Waals surface area contributed by atoms with Gasteiger partial charge in [0.25, 0.3) is 0 Å². The number of tetrazole rings is 1. The second kappa shape index (κ2) is 5.01. The van der Waals surface area contributed by atoms with E-state index in [9.17, 15) is 9.50 Å². The lowest BCUT2D eigenvalue weighted by Crippen LogP contribution is -2.13. The zero-order chi connectivity index (χ0) is 12.3. The van der Waals surface area contributed by atoms with E-state index in [4.69, 9.17) is 0 Å². The van der Waals surface area contributed by atoms with Gasteiger partial charge in [-0.1, -0.05) is 12.1 Å². The normalized spacial score (nSPS) is 12.6. The van der Waals surface area contributed by atoms with Crippen LogP contribution in [-0.2, 0) is 13.5 Å². The van der Waals surface area contributed by atoms with E-state index in [2.05, 4.69) is 15.5 Å². The van der Waals surface area contributed by atoms with Crippen LogP contribution in [0.2, 0.25) is 0 Å². The minimum Gasteiger partial charge on any atom is -0.396 e. The van der Waals surface area contributed by atoms with Crippen molar-refractivity contribution in [3.63, 3.8) is 0 Å². The van der Waals surface area contributed by atoms with Gasteiger partial charge in [0.15, 0.2) is 5.82 Å². The van der Waals surface area contributed by atoms with E-state index in [1.54, 1.807) is 19.2 Å². The zero-order valence-electron chi connectivity index (χ0n) is 9.41. The molecule has 1 unspecified atom stereocenters. The van der Waals surface area contributed by atoms with E-state index in [0.717, 1.165) is 5.56 Å². The zero-order valence-corrected chi connectivity index (χ0v) is 9.41. The molecule has 0 saturated heterocycles. The van der Waals surface area contributed by atoms with Gasteiger partial charge in [-0.15, -0.1) is 5.10 Å². The molecule has 0 bridgehead atoms. The first-order valence-corrected chi connectivity index (χ1v) is 5.28. The molecule has 0 fully saturated rings. The molecule has 1 atom stereocenters. The van der Waals surface area contributed by atoms with Crippen LogP contribution in [0.5, 0.6) is 0 Å². The average molecular weight is 236 g/mol. The van der Waals surface area contributed by atoms with E-state index in [1.165, 1.54) is 16.8 Å². The third-order valence-electron chi connectivity index (χ3n) is 2.63. The maximum Gasteiger partial charge on any atom is 0.156 e. The van der Waals surface area contributed by atoms with Crippen LogP contribution in [-0.4, -0.2) is 31.9 Å². The third kappa shape index (κ3) is 2.65. The van der Waals surface area contributed by atoms with Gasteiger partial charge in [-0.3, -0.25) is 0 Å². The summed E-state index contributed by atoms with van der Waals surface area (Å²) < 4.78 is 14.3. The molecule has 0 spiro atoms. The molecule has 17 heavy (non-hydrogen) atoms. The predicted molar refractivity (Wildman–Crippen MR) is 58.7 cm³/mol. The molecule has 0 amide bonds. The summed E-state index contributed by atoms with van der Waals surface area (Å²) in [6.45, 7) is -0.0500. The lowest BCUT2D eigenvalue weighted by Gasteiger charge is -2.12. The van der Waals surface area contributed by atoms with Crippen molar-refractivity contribution in [2.45, 2.75) is 12.3 Å². The van der Waals surface area contributed by atoms with E-state index < -0.39 is 0 Å². The van der Waals surface area contributed by atoms with E-state index in [0.29, 0.717) is 12.2 Å². The number of benzene rings is 1. The van der Waals surface area contributed by atoms with Gasteiger partial charge in [0.2, 0.25) is 0 Å². The summed E-state index contributed by atoms with van der Waals surface area (Å²) in [7, 11) is 1.72. The van der Waals surface area contributed by atoms with Gasteiger partial charge >= 0.3 is 0 Å². The van der Waals surface area contributed by atoms with Gasteiger partial charge in [-0.2, -0.15) is 0 Å². The summed E-state index contributed by atoms with van der Waals surface area (Å²) >= 11 is 0. The Kier molecular flexibility index (Phi) is 3.43. The number of nitrogens with zero attached hydrogens (tertiary/aromatic N) is 4. The van der Waals surface area contributed by atoms with Crippen LogP contribution in [0.25, 0.3) is 0 Å². The van der Waals surface area contributed by atoms with Crippen LogP contribution < -0.4 is 0 Å². The highest BCUT2D eigenvalue weighted by Crippen LogP contribution is 2.17. The quantitative estimate of drug-likeness (QED) is 0.847. The molecule has 0 saturated carbocycles. The molecule has 0 aliphatic carbocycles. The third-order valence-corrected chi connectivity index (χ3v) is 2.63. The molecule has 0 aliphatic rings. The fourth-order valence-electron chi connectivity index (χ4n) is 1.72. The van der Waals surface area contributed by atoms with Crippen LogP contribution in [0.3, 0.4) is 0 Å². The van der Waals surface area contributed by atoms with E-state index in [1.807, 2.05) is 0 Å². The van der Waals surface area contributed by atoms with E-state index >= 15 is 0 Å². The second-order valence-electron chi connectivity index (χ2n) is 3.87. The molecule has 2 rings (SSSR count). The summed E-state index contributed by atoms with van der Waals surface area (Å²) in [6.07, 6.45) is 0.574. The Labute approximate surface area is 97.9 Å². The van der Waals surface area contributed by atoms with Crippen LogP contribution in [0.4, 0.5) is 4.39 Å². The molecule has 2 aromatic rings.